The lowest BCUT2D eigenvalue weighted by Crippen LogP contribution is -2.03. The number of nitrogens with zero attached hydrogens (tertiary/aromatic N) is 1. The van der Waals surface area contributed by atoms with Gasteiger partial charge in [-0.05, 0) is 37.3 Å². The van der Waals surface area contributed by atoms with E-state index in [1.165, 1.54) is 6.07 Å². The van der Waals surface area contributed by atoms with Crippen LogP contribution in [0.4, 0.5) is 11.5 Å². The number of rotatable bonds is 3. The highest BCUT2D eigenvalue weighted by atomic mass is 16.4. The van der Waals surface area contributed by atoms with Crippen LogP contribution >= 0.6 is 0 Å². The fourth-order valence-electron chi connectivity index (χ4n) is 1.69. The lowest BCUT2D eigenvalue weighted by Gasteiger charge is -2.08. The number of aromatic nitrogens is 1. The van der Waals surface area contributed by atoms with Gasteiger partial charge >= 0.3 is 5.97 Å². The first kappa shape index (κ1) is 12.7. The summed E-state index contributed by atoms with van der Waals surface area (Å²) in [6, 6.07) is 10.5. The van der Waals surface area contributed by atoms with Gasteiger partial charge in [0.2, 0.25) is 0 Å². The van der Waals surface area contributed by atoms with Gasteiger partial charge in [0.15, 0.2) is 0 Å². The number of nitrogens with one attached hydrogen (secondary N) is 1. The number of pyridine rings is 1. The Morgan fingerprint density at radius 3 is 2.79 bits per heavy atom. The molecule has 4 heteroatoms. The summed E-state index contributed by atoms with van der Waals surface area (Å²) in [6.45, 7) is 1.66. The Morgan fingerprint density at radius 1 is 1.37 bits per heavy atom. The van der Waals surface area contributed by atoms with Crippen LogP contribution in [0.25, 0.3) is 0 Å². The third-order valence-corrected chi connectivity index (χ3v) is 2.62. The Kier molecular flexibility index (Phi) is 3.48. The number of carboxylic acid groups (broad SMARTS) is 1. The average Bonchev–Trinajstić information content (AvgIpc) is 2.38. The molecular formula is C15H12N2O2. The van der Waals surface area contributed by atoms with Crippen molar-refractivity contribution < 1.29 is 9.90 Å². The van der Waals surface area contributed by atoms with E-state index >= 15 is 0 Å². The van der Waals surface area contributed by atoms with Gasteiger partial charge in [-0.25, -0.2) is 9.78 Å². The SMILES string of the molecule is C#Cc1cccc(Nc2ccc(C(=O)O)c(C)n2)c1. The summed E-state index contributed by atoms with van der Waals surface area (Å²) in [7, 11) is 0. The molecule has 1 heterocycles. The van der Waals surface area contributed by atoms with E-state index in [2.05, 4.69) is 16.2 Å². The fraction of sp³-hybridized carbons (Fsp3) is 0.0667. The quantitative estimate of drug-likeness (QED) is 0.824. The Morgan fingerprint density at radius 2 is 2.16 bits per heavy atom. The summed E-state index contributed by atoms with van der Waals surface area (Å²) in [5.74, 6) is 2.15. The van der Waals surface area contributed by atoms with Crippen LogP contribution in [-0.2, 0) is 0 Å². The van der Waals surface area contributed by atoms with Crippen LogP contribution in [0.3, 0.4) is 0 Å². The van der Waals surface area contributed by atoms with Crippen molar-refractivity contribution in [2.75, 3.05) is 5.32 Å². The van der Waals surface area contributed by atoms with Gasteiger partial charge in [-0.2, -0.15) is 0 Å². The van der Waals surface area contributed by atoms with Gasteiger partial charge in [-0.15, -0.1) is 6.42 Å². The van der Waals surface area contributed by atoms with Crippen LogP contribution in [0.15, 0.2) is 36.4 Å². The first-order chi connectivity index (χ1) is 9.10. The molecule has 0 fully saturated rings. The van der Waals surface area contributed by atoms with Crippen molar-refractivity contribution in [2.24, 2.45) is 0 Å². The van der Waals surface area contributed by atoms with E-state index < -0.39 is 5.97 Å². The largest absolute Gasteiger partial charge is 0.478 e. The van der Waals surface area contributed by atoms with Gasteiger partial charge in [0.25, 0.3) is 0 Å². The summed E-state index contributed by atoms with van der Waals surface area (Å²) < 4.78 is 0. The summed E-state index contributed by atoms with van der Waals surface area (Å²) in [4.78, 5) is 15.1. The number of hydrogen-bond acceptors (Lipinski definition) is 3. The summed E-state index contributed by atoms with van der Waals surface area (Å²) >= 11 is 0. The second-order valence-corrected chi connectivity index (χ2v) is 3.98. The van der Waals surface area contributed by atoms with Crippen molar-refractivity contribution in [3.8, 4) is 12.3 Å². The van der Waals surface area contributed by atoms with Crippen LogP contribution in [0, 0.1) is 19.3 Å². The lowest BCUT2D eigenvalue weighted by molar-refractivity contribution is 0.0695. The molecule has 1 aromatic carbocycles. The van der Waals surface area contributed by atoms with E-state index in [1.807, 2.05) is 24.3 Å². The molecule has 0 aliphatic rings. The van der Waals surface area contributed by atoms with Crippen LogP contribution in [-0.4, -0.2) is 16.1 Å². The van der Waals surface area contributed by atoms with Crippen molar-refractivity contribution in [3.63, 3.8) is 0 Å². The molecular weight excluding hydrogens is 240 g/mol. The zero-order valence-electron chi connectivity index (χ0n) is 10.3. The van der Waals surface area contributed by atoms with Crippen LogP contribution in [0.2, 0.25) is 0 Å². The number of terminal acetylenes is 1. The summed E-state index contributed by atoms with van der Waals surface area (Å²) in [6.07, 6.45) is 5.33. The Hall–Kier alpha value is -2.80. The van der Waals surface area contributed by atoms with E-state index in [0.717, 1.165) is 11.3 Å². The Bertz CT molecular complexity index is 672. The highest BCUT2D eigenvalue weighted by Gasteiger charge is 2.08. The molecule has 19 heavy (non-hydrogen) atoms. The summed E-state index contributed by atoms with van der Waals surface area (Å²) in [5, 5.41) is 12.0. The molecule has 0 atom stereocenters. The standard InChI is InChI=1S/C15H12N2O2/c1-3-11-5-4-6-12(9-11)17-14-8-7-13(15(18)19)10(2)16-14/h1,4-9H,2H3,(H,16,17)(H,18,19). The van der Waals surface area contributed by atoms with E-state index in [4.69, 9.17) is 11.5 Å². The number of hydrogen-bond donors (Lipinski definition) is 2. The van der Waals surface area contributed by atoms with Crippen molar-refractivity contribution in [2.45, 2.75) is 6.92 Å². The molecule has 0 unspecified atom stereocenters. The van der Waals surface area contributed by atoms with Crippen molar-refractivity contribution >= 4 is 17.5 Å². The molecule has 0 saturated heterocycles. The molecule has 0 aliphatic heterocycles. The first-order valence-electron chi connectivity index (χ1n) is 5.65. The number of aromatic carboxylic acids is 1. The normalized spacial score (nSPS) is 9.68. The predicted molar refractivity (Wildman–Crippen MR) is 73.6 cm³/mol. The van der Waals surface area contributed by atoms with Gasteiger partial charge in [0.05, 0.1) is 11.3 Å². The van der Waals surface area contributed by atoms with Gasteiger partial charge < -0.3 is 10.4 Å². The Labute approximate surface area is 111 Å². The van der Waals surface area contributed by atoms with Crippen LogP contribution in [0.1, 0.15) is 21.6 Å². The molecule has 0 spiro atoms. The van der Waals surface area contributed by atoms with Gasteiger partial charge in [-0.1, -0.05) is 12.0 Å². The van der Waals surface area contributed by atoms with Crippen molar-refractivity contribution in [3.05, 3.63) is 53.2 Å². The number of aryl methyl sites for hydroxylation is 1. The molecule has 2 rings (SSSR count). The third kappa shape index (κ3) is 2.90. The topological polar surface area (TPSA) is 62.2 Å². The molecule has 0 bridgehead atoms. The highest BCUT2D eigenvalue weighted by molar-refractivity contribution is 5.89. The minimum atomic E-state index is -0.981. The number of benzene rings is 1. The monoisotopic (exact) mass is 252 g/mol. The molecule has 0 amide bonds. The minimum absolute atomic E-state index is 0.197. The molecule has 0 radical (unpaired) electrons. The number of carbonyl (C=O) groups is 1. The first-order valence-corrected chi connectivity index (χ1v) is 5.65. The fourth-order valence-corrected chi connectivity index (χ4v) is 1.69. The predicted octanol–water partition coefficient (Wildman–Crippen LogP) is 2.81. The number of carboxylic acids is 1. The second kappa shape index (κ2) is 5.23. The lowest BCUT2D eigenvalue weighted by atomic mass is 10.2. The molecule has 0 aliphatic carbocycles. The maximum Gasteiger partial charge on any atom is 0.337 e. The molecule has 2 aromatic rings. The molecule has 1 aromatic heterocycles. The molecule has 2 N–H and O–H groups in total. The third-order valence-electron chi connectivity index (χ3n) is 2.62. The van der Waals surface area contributed by atoms with Crippen LogP contribution in [0.5, 0.6) is 0 Å². The van der Waals surface area contributed by atoms with Gasteiger partial charge in [0, 0.05) is 11.3 Å². The maximum atomic E-state index is 10.9. The smallest absolute Gasteiger partial charge is 0.337 e. The maximum absolute atomic E-state index is 10.9. The minimum Gasteiger partial charge on any atom is -0.478 e. The zero-order valence-corrected chi connectivity index (χ0v) is 10.3. The van der Waals surface area contributed by atoms with Crippen LogP contribution < -0.4 is 5.32 Å². The van der Waals surface area contributed by atoms with E-state index in [1.54, 1.807) is 13.0 Å². The summed E-state index contributed by atoms with van der Waals surface area (Å²) in [5.41, 5.74) is 2.24. The van der Waals surface area contributed by atoms with Gasteiger partial charge in [-0.3, -0.25) is 0 Å². The Balaban J connectivity index is 2.26. The number of anilines is 2. The van der Waals surface area contributed by atoms with E-state index in [-0.39, 0.29) is 5.56 Å². The van der Waals surface area contributed by atoms with E-state index in [9.17, 15) is 4.79 Å². The second-order valence-electron chi connectivity index (χ2n) is 3.98. The van der Waals surface area contributed by atoms with Crippen molar-refractivity contribution in [1.82, 2.24) is 4.98 Å². The molecule has 0 saturated carbocycles. The highest BCUT2D eigenvalue weighted by Crippen LogP contribution is 2.17. The van der Waals surface area contributed by atoms with Crippen molar-refractivity contribution in [1.29, 1.82) is 0 Å². The molecule has 94 valence electrons. The molecule has 4 nitrogen and oxygen atoms in total. The van der Waals surface area contributed by atoms with E-state index in [0.29, 0.717) is 11.5 Å². The van der Waals surface area contributed by atoms with Gasteiger partial charge in [0.1, 0.15) is 5.82 Å². The average molecular weight is 252 g/mol. The zero-order chi connectivity index (χ0) is 13.8.